The van der Waals surface area contributed by atoms with Crippen molar-refractivity contribution in [3.05, 3.63) is 96.6 Å². The molecule has 2 heteroatoms. The van der Waals surface area contributed by atoms with Crippen molar-refractivity contribution in [1.29, 1.82) is 0 Å². The number of para-hydroxylation sites is 3. The van der Waals surface area contributed by atoms with E-state index < -0.39 is 0 Å². The van der Waals surface area contributed by atoms with Crippen LogP contribution in [0, 0.1) is 0 Å². The fraction of sp³-hybridized carbons (Fsp3) is 0.0476. The molecule has 4 rings (SSSR count). The molecule has 1 atom stereocenters. The largest absolute Gasteiger partial charge is 0.467 e. The highest BCUT2D eigenvalue weighted by atomic mass is 16.5. The first-order valence-electron chi connectivity index (χ1n) is 7.75. The maximum Gasteiger partial charge on any atom is 0.196 e. The number of fused-ring (bicyclic) bond motifs is 1. The average Bonchev–Trinajstić information content (AvgIpc) is 2.63. The molecule has 0 fully saturated rings. The van der Waals surface area contributed by atoms with E-state index in [9.17, 15) is 0 Å². The third kappa shape index (κ3) is 2.71. The summed E-state index contributed by atoms with van der Waals surface area (Å²) in [5.41, 5.74) is 3.47. The van der Waals surface area contributed by atoms with Gasteiger partial charge in [0.25, 0.3) is 0 Å². The zero-order valence-electron chi connectivity index (χ0n) is 12.7. The van der Waals surface area contributed by atoms with E-state index in [1.807, 2.05) is 36.4 Å². The van der Waals surface area contributed by atoms with Crippen molar-refractivity contribution in [2.45, 2.75) is 6.23 Å². The van der Waals surface area contributed by atoms with Gasteiger partial charge in [0.15, 0.2) is 6.23 Å². The summed E-state index contributed by atoms with van der Waals surface area (Å²) < 4.78 is 6.22. The second kappa shape index (κ2) is 6.01. The first kappa shape index (κ1) is 13.6. The molecule has 1 heterocycles. The van der Waals surface area contributed by atoms with E-state index in [-0.39, 0.29) is 6.23 Å². The van der Waals surface area contributed by atoms with Crippen molar-refractivity contribution in [2.24, 2.45) is 0 Å². The van der Waals surface area contributed by atoms with Crippen molar-refractivity contribution < 1.29 is 4.74 Å². The molecule has 0 radical (unpaired) electrons. The predicted molar refractivity (Wildman–Crippen MR) is 94.9 cm³/mol. The van der Waals surface area contributed by atoms with Crippen LogP contribution in [0.3, 0.4) is 0 Å². The van der Waals surface area contributed by atoms with E-state index in [0.717, 1.165) is 17.1 Å². The summed E-state index contributed by atoms with van der Waals surface area (Å²) in [6.45, 7) is 0. The molecule has 1 unspecified atom stereocenters. The van der Waals surface area contributed by atoms with Gasteiger partial charge in [-0.25, -0.2) is 0 Å². The lowest BCUT2D eigenvalue weighted by Crippen LogP contribution is -2.36. The van der Waals surface area contributed by atoms with Gasteiger partial charge in [-0.2, -0.15) is 0 Å². The van der Waals surface area contributed by atoms with Crippen LogP contribution in [-0.4, -0.2) is 6.23 Å². The van der Waals surface area contributed by atoms with Crippen LogP contribution >= 0.6 is 0 Å². The summed E-state index contributed by atoms with van der Waals surface area (Å²) in [5, 5.41) is 0. The first-order valence-corrected chi connectivity index (χ1v) is 7.75. The number of anilines is 2. The van der Waals surface area contributed by atoms with Crippen molar-refractivity contribution in [1.82, 2.24) is 0 Å². The Labute approximate surface area is 136 Å². The predicted octanol–water partition coefficient (Wildman–Crippen LogP) is 5.26. The maximum atomic E-state index is 6.22. The summed E-state index contributed by atoms with van der Waals surface area (Å²) >= 11 is 0. The molecular weight excluding hydrogens is 282 g/mol. The topological polar surface area (TPSA) is 12.5 Å². The molecule has 2 nitrogen and oxygen atoms in total. The van der Waals surface area contributed by atoms with Crippen molar-refractivity contribution >= 4 is 17.5 Å². The molecule has 0 saturated carbocycles. The highest BCUT2D eigenvalue weighted by molar-refractivity contribution is 5.78. The van der Waals surface area contributed by atoms with Gasteiger partial charge in [0.05, 0.1) is 5.69 Å². The van der Waals surface area contributed by atoms with Gasteiger partial charge in [0.2, 0.25) is 0 Å². The van der Waals surface area contributed by atoms with Gasteiger partial charge >= 0.3 is 0 Å². The van der Waals surface area contributed by atoms with Crippen molar-refractivity contribution in [3.8, 4) is 5.75 Å². The molecule has 0 saturated heterocycles. The fourth-order valence-corrected chi connectivity index (χ4v) is 2.86. The van der Waals surface area contributed by atoms with Gasteiger partial charge in [-0.15, -0.1) is 0 Å². The molecule has 112 valence electrons. The van der Waals surface area contributed by atoms with Crippen LogP contribution in [0.4, 0.5) is 11.4 Å². The van der Waals surface area contributed by atoms with Gasteiger partial charge in [0, 0.05) is 5.69 Å². The van der Waals surface area contributed by atoms with Gasteiger partial charge in [-0.05, 0) is 42.0 Å². The molecule has 1 aliphatic heterocycles. The fourth-order valence-electron chi connectivity index (χ4n) is 2.86. The normalized spacial score (nSPS) is 16.0. The highest BCUT2D eigenvalue weighted by Crippen LogP contribution is 2.36. The van der Waals surface area contributed by atoms with Crippen LogP contribution in [0.25, 0.3) is 6.08 Å². The standard InChI is InChI=1S/C21H17NO/c1-3-10-18(11-4-1)22-20-14-8-7-9-17(20)15-16-21(22)23-19-12-5-2-6-13-19/h1-16,21H. The van der Waals surface area contributed by atoms with Crippen LogP contribution in [0.2, 0.25) is 0 Å². The summed E-state index contributed by atoms with van der Waals surface area (Å²) in [7, 11) is 0. The first-order chi connectivity index (χ1) is 11.4. The molecule has 0 aromatic heterocycles. The number of rotatable bonds is 3. The average molecular weight is 299 g/mol. The smallest absolute Gasteiger partial charge is 0.196 e. The minimum absolute atomic E-state index is 0.172. The van der Waals surface area contributed by atoms with E-state index in [1.54, 1.807) is 0 Å². The monoisotopic (exact) mass is 299 g/mol. The molecule has 0 amide bonds. The second-order valence-electron chi connectivity index (χ2n) is 5.44. The van der Waals surface area contributed by atoms with Crippen LogP contribution < -0.4 is 9.64 Å². The van der Waals surface area contributed by atoms with Gasteiger partial charge in [-0.3, -0.25) is 0 Å². The molecule has 0 N–H and O–H groups in total. The lowest BCUT2D eigenvalue weighted by atomic mass is 10.1. The zero-order valence-corrected chi connectivity index (χ0v) is 12.7. The molecule has 23 heavy (non-hydrogen) atoms. The Kier molecular flexibility index (Phi) is 3.57. The Hall–Kier alpha value is -3.00. The summed E-state index contributed by atoms with van der Waals surface area (Å²) in [4.78, 5) is 2.22. The Bertz CT molecular complexity index is 812. The van der Waals surface area contributed by atoms with Crippen LogP contribution in [-0.2, 0) is 0 Å². The van der Waals surface area contributed by atoms with Crippen LogP contribution in [0.1, 0.15) is 5.56 Å². The van der Waals surface area contributed by atoms with Gasteiger partial charge in [-0.1, -0.05) is 60.7 Å². The zero-order chi connectivity index (χ0) is 15.5. The Balaban J connectivity index is 1.76. The Morgan fingerprint density at radius 1 is 0.696 bits per heavy atom. The lowest BCUT2D eigenvalue weighted by Gasteiger charge is -2.35. The molecular formula is C21H17NO. The number of hydrogen-bond acceptors (Lipinski definition) is 2. The van der Waals surface area contributed by atoms with E-state index in [2.05, 4.69) is 65.6 Å². The molecule has 0 aliphatic carbocycles. The molecule has 3 aromatic rings. The van der Waals surface area contributed by atoms with E-state index in [1.165, 1.54) is 5.56 Å². The minimum atomic E-state index is -0.172. The second-order valence-corrected chi connectivity index (χ2v) is 5.44. The van der Waals surface area contributed by atoms with E-state index >= 15 is 0 Å². The van der Waals surface area contributed by atoms with Gasteiger partial charge < -0.3 is 9.64 Å². The summed E-state index contributed by atoms with van der Waals surface area (Å²) in [5.74, 6) is 0.863. The maximum absolute atomic E-state index is 6.22. The SMILES string of the molecule is C1=CC(Oc2ccccc2)N(c2ccccc2)c2ccccc21. The number of ether oxygens (including phenoxy) is 1. The molecule has 1 aliphatic rings. The van der Waals surface area contributed by atoms with Crippen molar-refractivity contribution in [2.75, 3.05) is 4.90 Å². The lowest BCUT2D eigenvalue weighted by molar-refractivity contribution is 0.255. The number of hydrogen-bond donors (Lipinski definition) is 0. The Morgan fingerprint density at radius 2 is 1.35 bits per heavy atom. The third-order valence-electron chi connectivity index (χ3n) is 3.93. The van der Waals surface area contributed by atoms with Crippen LogP contribution in [0.15, 0.2) is 91.0 Å². The van der Waals surface area contributed by atoms with Crippen LogP contribution in [0.5, 0.6) is 5.75 Å². The Morgan fingerprint density at radius 3 is 2.13 bits per heavy atom. The molecule has 3 aromatic carbocycles. The van der Waals surface area contributed by atoms with Crippen molar-refractivity contribution in [3.63, 3.8) is 0 Å². The number of benzene rings is 3. The molecule has 0 spiro atoms. The molecule has 0 bridgehead atoms. The summed E-state index contributed by atoms with van der Waals surface area (Å²) in [6, 6.07) is 28.7. The highest BCUT2D eigenvalue weighted by Gasteiger charge is 2.25. The summed E-state index contributed by atoms with van der Waals surface area (Å²) in [6.07, 6.45) is 4.06. The van der Waals surface area contributed by atoms with E-state index in [4.69, 9.17) is 4.74 Å². The number of nitrogens with zero attached hydrogens (tertiary/aromatic N) is 1. The third-order valence-corrected chi connectivity index (χ3v) is 3.93. The van der Waals surface area contributed by atoms with Gasteiger partial charge in [0.1, 0.15) is 5.75 Å². The quantitative estimate of drug-likeness (QED) is 0.654. The minimum Gasteiger partial charge on any atom is -0.467 e. The van der Waals surface area contributed by atoms with E-state index in [0.29, 0.717) is 0 Å².